The van der Waals surface area contributed by atoms with Crippen molar-refractivity contribution in [2.75, 3.05) is 11.4 Å². The lowest BCUT2D eigenvalue weighted by Gasteiger charge is -2.28. The van der Waals surface area contributed by atoms with Crippen LogP contribution in [0.15, 0.2) is 42.6 Å². The molecule has 4 nitrogen and oxygen atoms in total. The van der Waals surface area contributed by atoms with Gasteiger partial charge in [0.2, 0.25) is 0 Å². The summed E-state index contributed by atoms with van der Waals surface area (Å²) in [5.41, 5.74) is 3.02. The lowest BCUT2D eigenvalue weighted by Crippen LogP contribution is -2.35. The van der Waals surface area contributed by atoms with E-state index < -0.39 is 0 Å². The van der Waals surface area contributed by atoms with Crippen molar-refractivity contribution in [2.45, 2.75) is 12.8 Å². The van der Waals surface area contributed by atoms with E-state index in [0.29, 0.717) is 17.7 Å². The Morgan fingerprint density at radius 3 is 2.80 bits per heavy atom. The Balaban J connectivity index is 1.93. The van der Waals surface area contributed by atoms with Gasteiger partial charge in [-0.15, -0.1) is 0 Å². The molecule has 1 aliphatic heterocycles. The van der Waals surface area contributed by atoms with E-state index in [1.54, 1.807) is 35.4 Å². The third-order valence-electron chi connectivity index (χ3n) is 3.46. The molecule has 2 heterocycles. The van der Waals surface area contributed by atoms with E-state index in [9.17, 15) is 4.79 Å². The van der Waals surface area contributed by atoms with Crippen LogP contribution in [-0.4, -0.2) is 17.4 Å². The number of amides is 1. The Bertz CT molecular complexity index is 686. The smallest absolute Gasteiger partial charge is 0.258 e. The van der Waals surface area contributed by atoms with Gasteiger partial charge in [0.15, 0.2) is 0 Å². The van der Waals surface area contributed by atoms with Crippen molar-refractivity contribution in [1.82, 2.24) is 4.98 Å². The van der Waals surface area contributed by atoms with Gasteiger partial charge < -0.3 is 4.90 Å². The van der Waals surface area contributed by atoms with Crippen LogP contribution in [-0.2, 0) is 6.42 Å². The number of pyridine rings is 1. The quantitative estimate of drug-likeness (QED) is 0.794. The average molecular weight is 263 g/mol. The highest BCUT2D eigenvalue weighted by Crippen LogP contribution is 2.26. The van der Waals surface area contributed by atoms with Crippen molar-refractivity contribution < 1.29 is 4.79 Å². The molecule has 0 bridgehead atoms. The minimum atomic E-state index is -0.0385. The van der Waals surface area contributed by atoms with Crippen molar-refractivity contribution in [1.29, 1.82) is 5.26 Å². The highest BCUT2D eigenvalue weighted by atomic mass is 16.2. The summed E-state index contributed by atoms with van der Waals surface area (Å²) in [5.74, 6) is -0.0385. The summed E-state index contributed by atoms with van der Waals surface area (Å²) in [5, 5.41) is 8.79. The zero-order chi connectivity index (χ0) is 13.9. The van der Waals surface area contributed by atoms with E-state index in [1.165, 1.54) is 0 Å². The molecular weight excluding hydrogens is 250 g/mol. The number of hydrogen-bond acceptors (Lipinski definition) is 3. The number of carbonyl (C=O) groups is 1. The molecule has 0 fully saturated rings. The van der Waals surface area contributed by atoms with E-state index in [1.807, 2.05) is 12.1 Å². The first-order valence-electron chi connectivity index (χ1n) is 6.55. The number of anilines is 1. The number of aryl methyl sites for hydroxylation is 1. The number of nitriles is 1. The Labute approximate surface area is 117 Å². The zero-order valence-corrected chi connectivity index (χ0v) is 10.9. The lowest BCUT2D eigenvalue weighted by atomic mass is 10.1. The predicted octanol–water partition coefficient (Wildman–Crippen LogP) is 2.55. The van der Waals surface area contributed by atoms with Crippen LogP contribution in [0.25, 0.3) is 0 Å². The molecule has 1 amide bonds. The molecule has 0 unspecified atom stereocenters. The normalized spacial score (nSPS) is 13.4. The third kappa shape index (κ3) is 2.14. The van der Waals surface area contributed by atoms with Crippen LogP contribution in [0.5, 0.6) is 0 Å². The number of benzene rings is 1. The number of carbonyl (C=O) groups excluding carboxylic acids is 1. The van der Waals surface area contributed by atoms with Crippen LogP contribution >= 0.6 is 0 Å². The van der Waals surface area contributed by atoms with Crippen LogP contribution < -0.4 is 4.90 Å². The fourth-order valence-electron chi connectivity index (χ4n) is 2.45. The molecule has 2 aromatic rings. The fourth-order valence-corrected chi connectivity index (χ4v) is 2.45. The third-order valence-corrected chi connectivity index (χ3v) is 3.46. The molecule has 98 valence electrons. The first-order valence-corrected chi connectivity index (χ1v) is 6.55. The van der Waals surface area contributed by atoms with Gasteiger partial charge in [-0.1, -0.05) is 0 Å². The summed E-state index contributed by atoms with van der Waals surface area (Å²) in [6.07, 6.45) is 3.59. The predicted molar refractivity (Wildman–Crippen MR) is 75.4 cm³/mol. The number of fused-ring (bicyclic) bond motifs is 1. The second-order valence-corrected chi connectivity index (χ2v) is 4.72. The second kappa shape index (κ2) is 5.14. The van der Waals surface area contributed by atoms with Crippen molar-refractivity contribution in [3.05, 3.63) is 59.4 Å². The molecule has 0 radical (unpaired) electrons. The monoisotopic (exact) mass is 263 g/mol. The maximum atomic E-state index is 12.6. The lowest BCUT2D eigenvalue weighted by molar-refractivity contribution is 0.0985. The molecular formula is C16H13N3O. The summed E-state index contributed by atoms with van der Waals surface area (Å²) in [6, 6.07) is 12.6. The molecule has 4 heteroatoms. The molecule has 1 aliphatic rings. The van der Waals surface area contributed by atoms with E-state index in [0.717, 1.165) is 24.2 Å². The molecule has 0 spiro atoms. The van der Waals surface area contributed by atoms with Gasteiger partial charge in [-0.05, 0) is 49.2 Å². The Hall–Kier alpha value is -2.67. The van der Waals surface area contributed by atoms with Crippen molar-refractivity contribution in [3.8, 4) is 6.07 Å². The van der Waals surface area contributed by atoms with Crippen molar-refractivity contribution in [3.63, 3.8) is 0 Å². The van der Waals surface area contributed by atoms with Gasteiger partial charge in [0.1, 0.15) is 0 Å². The molecule has 0 N–H and O–H groups in total. The van der Waals surface area contributed by atoms with Crippen LogP contribution in [0.3, 0.4) is 0 Å². The van der Waals surface area contributed by atoms with E-state index >= 15 is 0 Å². The standard InChI is InChI=1S/C16H13N3O/c17-11-12-5-7-13(8-6-12)16(20)19-10-2-3-14-15(19)4-1-9-18-14/h1,4-9H,2-3,10H2. The first-order chi connectivity index (χ1) is 9.79. The number of hydrogen-bond donors (Lipinski definition) is 0. The Morgan fingerprint density at radius 1 is 1.25 bits per heavy atom. The first kappa shape index (κ1) is 12.4. The minimum absolute atomic E-state index is 0.0385. The van der Waals surface area contributed by atoms with Crippen LogP contribution in [0.4, 0.5) is 5.69 Å². The zero-order valence-electron chi connectivity index (χ0n) is 10.9. The summed E-state index contributed by atoms with van der Waals surface area (Å²) in [4.78, 5) is 18.7. The van der Waals surface area contributed by atoms with Gasteiger partial charge in [0.05, 0.1) is 23.0 Å². The van der Waals surface area contributed by atoms with Crippen molar-refractivity contribution >= 4 is 11.6 Å². The summed E-state index contributed by atoms with van der Waals surface area (Å²) < 4.78 is 0. The van der Waals surface area contributed by atoms with E-state index in [4.69, 9.17) is 5.26 Å². The van der Waals surface area contributed by atoms with Gasteiger partial charge in [0, 0.05) is 18.3 Å². The van der Waals surface area contributed by atoms with Gasteiger partial charge >= 0.3 is 0 Å². The fraction of sp³-hybridized carbons (Fsp3) is 0.188. The van der Waals surface area contributed by atoms with E-state index in [2.05, 4.69) is 11.1 Å². The highest BCUT2D eigenvalue weighted by Gasteiger charge is 2.23. The SMILES string of the molecule is N#Cc1ccc(C(=O)N2CCCc3ncccc32)cc1. The molecule has 0 aliphatic carbocycles. The minimum Gasteiger partial charge on any atom is -0.307 e. The number of aromatic nitrogens is 1. The second-order valence-electron chi connectivity index (χ2n) is 4.72. The van der Waals surface area contributed by atoms with Gasteiger partial charge in [-0.3, -0.25) is 9.78 Å². The number of nitrogens with zero attached hydrogens (tertiary/aromatic N) is 3. The summed E-state index contributed by atoms with van der Waals surface area (Å²) in [6.45, 7) is 0.706. The van der Waals surface area contributed by atoms with Gasteiger partial charge in [-0.25, -0.2) is 0 Å². The molecule has 0 atom stereocenters. The molecule has 0 saturated carbocycles. The van der Waals surface area contributed by atoms with Gasteiger partial charge in [-0.2, -0.15) is 5.26 Å². The molecule has 3 rings (SSSR count). The maximum Gasteiger partial charge on any atom is 0.258 e. The summed E-state index contributed by atoms with van der Waals surface area (Å²) in [7, 11) is 0. The van der Waals surface area contributed by atoms with Crippen LogP contribution in [0, 0.1) is 11.3 Å². The summed E-state index contributed by atoms with van der Waals surface area (Å²) >= 11 is 0. The molecule has 20 heavy (non-hydrogen) atoms. The molecule has 1 aromatic carbocycles. The maximum absolute atomic E-state index is 12.6. The van der Waals surface area contributed by atoms with E-state index in [-0.39, 0.29) is 5.91 Å². The van der Waals surface area contributed by atoms with Gasteiger partial charge in [0.25, 0.3) is 5.91 Å². The van der Waals surface area contributed by atoms with Crippen LogP contribution in [0.2, 0.25) is 0 Å². The molecule has 1 aromatic heterocycles. The highest BCUT2D eigenvalue weighted by molar-refractivity contribution is 6.06. The average Bonchev–Trinajstić information content (AvgIpc) is 2.54. The van der Waals surface area contributed by atoms with Crippen LogP contribution in [0.1, 0.15) is 28.0 Å². The molecule has 0 saturated heterocycles. The topological polar surface area (TPSA) is 57.0 Å². The Morgan fingerprint density at radius 2 is 2.05 bits per heavy atom. The largest absolute Gasteiger partial charge is 0.307 e. The Kier molecular flexibility index (Phi) is 3.18. The number of rotatable bonds is 1. The van der Waals surface area contributed by atoms with Crippen molar-refractivity contribution in [2.24, 2.45) is 0 Å².